The van der Waals surface area contributed by atoms with Crippen LogP contribution >= 0.6 is 0 Å². The fraction of sp³-hybridized carbons (Fsp3) is 0.375. The molecule has 2 aromatic rings. The van der Waals surface area contributed by atoms with E-state index in [0.29, 0.717) is 18.1 Å². The highest BCUT2D eigenvalue weighted by Crippen LogP contribution is 2.17. The minimum absolute atomic E-state index is 0.139. The number of carbonyl (C=O) groups excluding carboxylic acids is 1. The molecule has 1 heterocycles. The lowest BCUT2D eigenvalue weighted by Crippen LogP contribution is -2.42. The Morgan fingerprint density at radius 2 is 1.91 bits per heavy atom. The molecule has 0 aliphatic carbocycles. The van der Waals surface area contributed by atoms with E-state index in [9.17, 15) is 9.59 Å². The number of amides is 1. The number of carboxylic acids is 1. The molecule has 23 heavy (non-hydrogen) atoms. The normalized spacial score (nSPS) is 11.3. The third kappa shape index (κ3) is 4.38. The zero-order chi connectivity index (χ0) is 17.0. The minimum atomic E-state index is -0.966. The number of nitrogens with zero attached hydrogens (tertiary/aromatic N) is 2. The number of aromatic nitrogens is 2. The molecule has 2 rings (SSSR count). The number of carbonyl (C=O) groups is 2. The van der Waals surface area contributed by atoms with Gasteiger partial charge in [0.05, 0.1) is 11.1 Å². The average Bonchev–Trinajstić information content (AvgIpc) is 2.92. The average molecular weight is 317 g/mol. The highest BCUT2D eigenvalue weighted by Gasteiger charge is 2.27. The Kier molecular flexibility index (Phi) is 4.78. The van der Waals surface area contributed by atoms with Crippen molar-refractivity contribution in [2.75, 3.05) is 0 Å². The van der Waals surface area contributed by atoms with Crippen molar-refractivity contribution in [1.82, 2.24) is 15.5 Å². The van der Waals surface area contributed by atoms with Gasteiger partial charge in [-0.2, -0.15) is 4.98 Å². The van der Waals surface area contributed by atoms with Crippen molar-refractivity contribution < 1.29 is 19.2 Å². The SMILES string of the molecule is Cc1nc(C(C)(C)NC(=O)CCc2ccc(C(=O)O)cc2)no1. The van der Waals surface area contributed by atoms with Crippen molar-refractivity contribution in [3.05, 3.63) is 47.1 Å². The number of benzene rings is 1. The van der Waals surface area contributed by atoms with Crippen molar-refractivity contribution >= 4 is 11.9 Å². The van der Waals surface area contributed by atoms with Gasteiger partial charge in [0.2, 0.25) is 11.8 Å². The molecule has 0 saturated carbocycles. The van der Waals surface area contributed by atoms with E-state index in [1.54, 1.807) is 32.9 Å². The monoisotopic (exact) mass is 317 g/mol. The molecule has 0 fully saturated rings. The van der Waals surface area contributed by atoms with Crippen LogP contribution in [0.5, 0.6) is 0 Å². The molecule has 0 aliphatic rings. The molecule has 1 aromatic heterocycles. The molecule has 0 unspecified atom stereocenters. The fourth-order valence-electron chi connectivity index (χ4n) is 2.09. The molecule has 0 atom stereocenters. The van der Waals surface area contributed by atoms with Crippen molar-refractivity contribution in [1.29, 1.82) is 0 Å². The first-order valence-electron chi connectivity index (χ1n) is 7.22. The van der Waals surface area contributed by atoms with Gasteiger partial charge in [-0.1, -0.05) is 17.3 Å². The Labute approximate surface area is 133 Å². The van der Waals surface area contributed by atoms with Gasteiger partial charge in [-0.3, -0.25) is 4.79 Å². The molecule has 0 aliphatic heterocycles. The van der Waals surface area contributed by atoms with E-state index < -0.39 is 11.5 Å². The van der Waals surface area contributed by atoms with Crippen LogP contribution in [0.1, 0.15) is 47.9 Å². The van der Waals surface area contributed by atoms with Crippen molar-refractivity contribution in [3.63, 3.8) is 0 Å². The minimum Gasteiger partial charge on any atom is -0.478 e. The molecule has 0 spiro atoms. The van der Waals surface area contributed by atoms with Gasteiger partial charge in [0.25, 0.3) is 0 Å². The molecule has 1 amide bonds. The number of hydrogen-bond donors (Lipinski definition) is 2. The topological polar surface area (TPSA) is 105 Å². The summed E-state index contributed by atoms with van der Waals surface area (Å²) in [5.74, 6) is -0.235. The quantitative estimate of drug-likeness (QED) is 0.845. The predicted molar refractivity (Wildman–Crippen MR) is 81.9 cm³/mol. The lowest BCUT2D eigenvalue weighted by Gasteiger charge is -2.22. The Balaban J connectivity index is 1.90. The number of hydrogen-bond acceptors (Lipinski definition) is 5. The highest BCUT2D eigenvalue weighted by atomic mass is 16.5. The van der Waals surface area contributed by atoms with Crippen LogP contribution in [-0.2, 0) is 16.8 Å². The zero-order valence-corrected chi connectivity index (χ0v) is 13.3. The number of carboxylic acid groups (broad SMARTS) is 1. The van der Waals surface area contributed by atoms with E-state index in [4.69, 9.17) is 9.63 Å². The van der Waals surface area contributed by atoms with Gasteiger partial charge in [0.1, 0.15) is 0 Å². The summed E-state index contributed by atoms with van der Waals surface area (Å²) in [7, 11) is 0. The summed E-state index contributed by atoms with van der Waals surface area (Å²) in [5.41, 5.74) is 0.410. The van der Waals surface area contributed by atoms with Crippen molar-refractivity contribution in [2.45, 2.75) is 39.2 Å². The second-order valence-electron chi connectivity index (χ2n) is 5.81. The summed E-state index contributed by atoms with van der Waals surface area (Å²) in [6.45, 7) is 5.29. The van der Waals surface area contributed by atoms with Gasteiger partial charge in [-0.25, -0.2) is 4.79 Å². The first-order valence-corrected chi connectivity index (χ1v) is 7.22. The van der Waals surface area contributed by atoms with E-state index in [0.717, 1.165) is 5.56 Å². The Bertz CT molecular complexity index is 704. The predicted octanol–water partition coefficient (Wildman–Crippen LogP) is 2.06. The molecule has 7 nitrogen and oxygen atoms in total. The third-order valence-electron chi connectivity index (χ3n) is 3.38. The largest absolute Gasteiger partial charge is 0.478 e. The van der Waals surface area contributed by atoms with Crippen LogP contribution in [0.2, 0.25) is 0 Å². The zero-order valence-electron chi connectivity index (χ0n) is 13.3. The molecule has 122 valence electrons. The van der Waals surface area contributed by atoms with Crippen LogP contribution in [0.3, 0.4) is 0 Å². The maximum absolute atomic E-state index is 12.1. The second kappa shape index (κ2) is 6.60. The summed E-state index contributed by atoms with van der Waals surface area (Å²) in [6, 6.07) is 6.48. The van der Waals surface area contributed by atoms with Crippen LogP contribution < -0.4 is 5.32 Å². The van der Waals surface area contributed by atoms with Crippen LogP contribution in [0.15, 0.2) is 28.8 Å². The van der Waals surface area contributed by atoms with Crippen LogP contribution in [0.4, 0.5) is 0 Å². The van der Waals surface area contributed by atoms with Crippen molar-refractivity contribution in [2.24, 2.45) is 0 Å². The number of aryl methyl sites for hydroxylation is 2. The van der Waals surface area contributed by atoms with Gasteiger partial charge >= 0.3 is 5.97 Å². The molecular formula is C16H19N3O4. The lowest BCUT2D eigenvalue weighted by molar-refractivity contribution is -0.122. The number of rotatable bonds is 6. The van der Waals surface area contributed by atoms with E-state index in [1.165, 1.54) is 12.1 Å². The third-order valence-corrected chi connectivity index (χ3v) is 3.38. The van der Waals surface area contributed by atoms with Gasteiger partial charge in [-0.15, -0.1) is 0 Å². The smallest absolute Gasteiger partial charge is 0.335 e. The fourth-order valence-corrected chi connectivity index (χ4v) is 2.09. The number of nitrogens with one attached hydrogen (secondary N) is 1. The Morgan fingerprint density at radius 3 is 2.43 bits per heavy atom. The van der Waals surface area contributed by atoms with Crippen molar-refractivity contribution in [3.8, 4) is 0 Å². The lowest BCUT2D eigenvalue weighted by atomic mass is 10.0. The van der Waals surface area contributed by atoms with Crippen LogP contribution in [0, 0.1) is 6.92 Å². The summed E-state index contributed by atoms with van der Waals surface area (Å²) in [4.78, 5) is 27.0. The van der Waals surface area contributed by atoms with Gasteiger partial charge in [-0.05, 0) is 38.0 Å². The molecule has 0 bridgehead atoms. The summed E-state index contributed by atoms with van der Waals surface area (Å²) in [5, 5.41) is 15.5. The summed E-state index contributed by atoms with van der Waals surface area (Å²) in [6.07, 6.45) is 0.805. The summed E-state index contributed by atoms with van der Waals surface area (Å²) < 4.78 is 4.93. The van der Waals surface area contributed by atoms with Crippen LogP contribution in [0.25, 0.3) is 0 Å². The van der Waals surface area contributed by atoms with Crippen LogP contribution in [-0.4, -0.2) is 27.1 Å². The molecule has 2 N–H and O–H groups in total. The molecule has 7 heteroatoms. The highest BCUT2D eigenvalue weighted by molar-refractivity contribution is 5.87. The summed E-state index contributed by atoms with van der Waals surface area (Å²) >= 11 is 0. The molecule has 0 radical (unpaired) electrons. The first kappa shape index (κ1) is 16.7. The van der Waals surface area contributed by atoms with E-state index >= 15 is 0 Å². The van der Waals surface area contributed by atoms with Gasteiger partial charge in [0.15, 0.2) is 5.82 Å². The van der Waals surface area contributed by atoms with E-state index in [1.807, 2.05) is 0 Å². The van der Waals surface area contributed by atoms with E-state index in [2.05, 4.69) is 15.5 Å². The Morgan fingerprint density at radius 1 is 1.26 bits per heavy atom. The molecular weight excluding hydrogens is 298 g/mol. The molecule has 1 aromatic carbocycles. The Hall–Kier alpha value is -2.70. The first-order chi connectivity index (χ1) is 10.8. The second-order valence-corrected chi connectivity index (χ2v) is 5.81. The number of aromatic carboxylic acids is 1. The maximum Gasteiger partial charge on any atom is 0.335 e. The van der Waals surface area contributed by atoms with Gasteiger partial charge in [0, 0.05) is 13.3 Å². The molecule has 0 saturated heterocycles. The van der Waals surface area contributed by atoms with Gasteiger partial charge < -0.3 is 14.9 Å². The maximum atomic E-state index is 12.1. The standard InChI is InChI=1S/C16H19N3O4/c1-10-17-15(19-23-10)16(2,3)18-13(20)9-6-11-4-7-12(8-5-11)14(21)22/h4-5,7-8H,6,9H2,1-3H3,(H,18,20)(H,21,22). The van der Waals surface area contributed by atoms with E-state index in [-0.39, 0.29) is 17.9 Å².